The molecule has 1 fully saturated rings. The summed E-state index contributed by atoms with van der Waals surface area (Å²) >= 11 is 0. The summed E-state index contributed by atoms with van der Waals surface area (Å²) < 4.78 is 12.7. The monoisotopic (exact) mass is 517 g/mol. The second-order valence-corrected chi connectivity index (χ2v) is 9.87. The largest absolute Gasteiger partial charge is 0.497 e. The van der Waals surface area contributed by atoms with Crippen molar-refractivity contribution in [2.75, 3.05) is 33.9 Å². The molecule has 4 rings (SSSR count). The molecule has 0 atom stereocenters. The number of benzene rings is 2. The molecule has 0 N–H and O–H groups in total. The third-order valence-electron chi connectivity index (χ3n) is 7.30. The van der Waals surface area contributed by atoms with Crippen LogP contribution < -0.4 is 4.74 Å². The average Bonchev–Trinajstić information content (AvgIpc) is 3.40. The number of nitrogens with zero attached hydrogens (tertiary/aromatic N) is 3. The predicted octanol–water partition coefficient (Wildman–Crippen LogP) is 5.00. The Hall–Kier alpha value is -3.58. The van der Waals surface area contributed by atoms with Gasteiger partial charge in [-0.05, 0) is 54.8 Å². The van der Waals surface area contributed by atoms with Crippen LogP contribution in [0.1, 0.15) is 53.7 Å². The lowest BCUT2D eigenvalue weighted by atomic mass is 9.94. The summed E-state index contributed by atoms with van der Waals surface area (Å²) in [6.07, 6.45) is 7.52. The van der Waals surface area contributed by atoms with Gasteiger partial charge in [-0.25, -0.2) is 0 Å². The highest BCUT2D eigenvalue weighted by Crippen LogP contribution is 2.25. The molecule has 0 spiro atoms. The second-order valence-electron chi connectivity index (χ2n) is 9.87. The van der Waals surface area contributed by atoms with E-state index in [1.54, 1.807) is 43.4 Å². The minimum Gasteiger partial charge on any atom is -0.497 e. The van der Waals surface area contributed by atoms with Crippen molar-refractivity contribution in [1.29, 1.82) is 0 Å². The van der Waals surface area contributed by atoms with Crippen LogP contribution in [-0.4, -0.2) is 66.1 Å². The maximum absolute atomic E-state index is 13.9. The first-order valence-electron chi connectivity index (χ1n) is 13.5. The number of carbonyl (C=O) groups excluding carboxylic acids is 2. The zero-order valence-electron chi connectivity index (χ0n) is 22.6. The van der Waals surface area contributed by atoms with Crippen molar-refractivity contribution < 1.29 is 19.1 Å². The smallest absolute Gasteiger partial charge is 0.254 e. The lowest BCUT2D eigenvalue weighted by Gasteiger charge is -2.36. The van der Waals surface area contributed by atoms with Crippen molar-refractivity contribution in [1.82, 2.24) is 14.4 Å². The van der Waals surface area contributed by atoms with Gasteiger partial charge >= 0.3 is 0 Å². The third kappa shape index (κ3) is 7.25. The molecule has 1 aliphatic carbocycles. The van der Waals surface area contributed by atoms with Gasteiger partial charge in [-0.2, -0.15) is 0 Å². The molecule has 0 bridgehead atoms. The van der Waals surface area contributed by atoms with Gasteiger partial charge < -0.3 is 23.8 Å². The maximum Gasteiger partial charge on any atom is 0.254 e. The molecule has 1 heterocycles. The number of hydrogen-bond donors (Lipinski definition) is 0. The van der Waals surface area contributed by atoms with E-state index < -0.39 is 0 Å². The Balaban J connectivity index is 1.53. The molecule has 202 valence electrons. The van der Waals surface area contributed by atoms with Crippen LogP contribution in [0.4, 0.5) is 0 Å². The number of hydrogen-bond acceptors (Lipinski definition) is 4. The molecule has 1 aliphatic rings. The molecule has 7 heteroatoms. The molecule has 3 aromatic rings. The molecule has 7 nitrogen and oxygen atoms in total. The van der Waals surface area contributed by atoms with E-state index in [1.807, 2.05) is 29.2 Å². The van der Waals surface area contributed by atoms with Crippen LogP contribution in [0.5, 0.6) is 5.75 Å². The molecular weight excluding hydrogens is 478 g/mol. The maximum atomic E-state index is 13.9. The fourth-order valence-electron chi connectivity index (χ4n) is 5.14. The van der Waals surface area contributed by atoms with Crippen LogP contribution in [0.3, 0.4) is 0 Å². The van der Waals surface area contributed by atoms with Crippen molar-refractivity contribution in [3.8, 4) is 5.75 Å². The molecule has 2 amide bonds. The molecule has 0 aliphatic heterocycles. The SMILES string of the molecule is COCCN(CC(=O)N(Cc1cccn1Cc1ccccc1)C1CCCCC1)C(=O)c1ccc(OC)cc1. The summed E-state index contributed by atoms with van der Waals surface area (Å²) in [7, 11) is 3.20. The van der Waals surface area contributed by atoms with E-state index >= 15 is 0 Å². The van der Waals surface area contributed by atoms with Gasteiger partial charge in [0, 0.05) is 43.7 Å². The molecule has 0 unspecified atom stereocenters. The Morgan fingerprint density at radius 1 is 0.921 bits per heavy atom. The number of carbonyl (C=O) groups is 2. The van der Waals surface area contributed by atoms with E-state index in [1.165, 1.54) is 12.0 Å². The molecule has 0 saturated heterocycles. The fourth-order valence-corrected chi connectivity index (χ4v) is 5.14. The molecular formula is C31H39N3O4. The topological polar surface area (TPSA) is 64.0 Å². The Morgan fingerprint density at radius 3 is 2.34 bits per heavy atom. The quantitative estimate of drug-likeness (QED) is 0.339. The third-order valence-corrected chi connectivity index (χ3v) is 7.30. The van der Waals surface area contributed by atoms with Gasteiger partial charge in [0.1, 0.15) is 12.3 Å². The van der Waals surface area contributed by atoms with E-state index in [4.69, 9.17) is 9.47 Å². The Morgan fingerprint density at radius 2 is 1.66 bits per heavy atom. The molecule has 38 heavy (non-hydrogen) atoms. The van der Waals surface area contributed by atoms with E-state index in [0.717, 1.165) is 37.9 Å². The molecule has 0 radical (unpaired) electrons. The van der Waals surface area contributed by atoms with E-state index in [9.17, 15) is 9.59 Å². The van der Waals surface area contributed by atoms with Crippen LogP contribution >= 0.6 is 0 Å². The normalized spacial score (nSPS) is 13.7. The second kappa shape index (κ2) is 13.8. The van der Waals surface area contributed by atoms with Crippen molar-refractivity contribution in [2.24, 2.45) is 0 Å². The van der Waals surface area contributed by atoms with Crippen LogP contribution in [0, 0.1) is 0 Å². The fraction of sp³-hybridized carbons (Fsp3) is 0.419. The van der Waals surface area contributed by atoms with Crippen molar-refractivity contribution >= 4 is 11.8 Å². The van der Waals surface area contributed by atoms with Crippen molar-refractivity contribution in [2.45, 2.75) is 51.2 Å². The first kappa shape index (κ1) is 27.5. The summed E-state index contributed by atoms with van der Waals surface area (Å²) in [6, 6.07) is 21.7. The average molecular weight is 518 g/mol. The Bertz CT molecular complexity index is 1150. The van der Waals surface area contributed by atoms with Gasteiger partial charge in [0.15, 0.2) is 0 Å². The first-order valence-corrected chi connectivity index (χ1v) is 13.5. The van der Waals surface area contributed by atoms with Gasteiger partial charge in [-0.3, -0.25) is 9.59 Å². The van der Waals surface area contributed by atoms with Gasteiger partial charge in [0.05, 0.1) is 20.3 Å². The first-order chi connectivity index (χ1) is 18.6. The summed E-state index contributed by atoms with van der Waals surface area (Å²) in [5.74, 6) is 0.472. The number of ether oxygens (including phenoxy) is 2. The number of rotatable bonds is 12. The number of methoxy groups -OCH3 is 2. The minimum absolute atomic E-state index is 0.0180. The van der Waals surface area contributed by atoms with E-state index in [-0.39, 0.29) is 24.4 Å². The summed E-state index contributed by atoms with van der Waals surface area (Å²) in [4.78, 5) is 30.9. The molecule has 2 aromatic carbocycles. The Labute approximate surface area is 226 Å². The van der Waals surface area contributed by atoms with Gasteiger partial charge in [-0.1, -0.05) is 49.6 Å². The summed E-state index contributed by atoms with van der Waals surface area (Å²) in [5.41, 5.74) is 2.84. The predicted molar refractivity (Wildman–Crippen MR) is 148 cm³/mol. The summed E-state index contributed by atoms with van der Waals surface area (Å²) in [5, 5.41) is 0. The lowest BCUT2D eigenvalue weighted by molar-refractivity contribution is -0.135. The number of amides is 2. The van der Waals surface area contributed by atoms with E-state index in [0.29, 0.717) is 31.0 Å². The van der Waals surface area contributed by atoms with Crippen molar-refractivity contribution in [3.05, 3.63) is 89.7 Å². The minimum atomic E-state index is -0.186. The van der Waals surface area contributed by atoms with Crippen LogP contribution in [0.2, 0.25) is 0 Å². The zero-order chi connectivity index (χ0) is 26.7. The number of aromatic nitrogens is 1. The van der Waals surface area contributed by atoms with Crippen LogP contribution in [0.15, 0.2) is 72.9 Å². The van der Waals surface area contributed by atoms with E-state index in [2.05, 4.69) is 29.0 Å². The van der Waals surface area contributed by atoms with Crippen LogP contribution in [-0.2, 0) is 22.6 Å². The highest BCUT2D eigenvalue weighted by molar-refractivity contribution is 5.96. The van der Waals surface area contributed by atoms with Gasteiger partial charge in [0.2, 0.25) is 5.91 Å². The summed E-state index contributed by atoms with van der Waals surface area (Å²) in [6.45, 7) is 2.00. The van der Waals surface area contributed by atoms with Gasteiger partial charge in [-0.15, -0.1) is 0 Å². The lowest BCUT2D eigenvalue weighted by Crippen LogP contribution is -2.48. The zero-order valence-corrected chi connectivity index (χ0v) is 22.6. The van der Waals surface area contributed by atoms with Crippen molar-refractivity contribution in [3.63, 3.8) is 0 Å². The Kier molecular flexibility index (Phi) is 9.98. The highest BCUT2D eigenvalue weighted by atomic mass is 16.5. The van der Waals surface area contributed by atoms with Crippen LogP contribution in [0.25, 0.3) is 0 Å². The highest BCUT2D eigenvalue weighted by Gasteiger charge is 2.29. The van der Waals surface area contributed by atoms with Gasteiger partial charge in [0.25, 0.3) is 5.91 Å². The molecule has 1 aromatic heterocycles. The molecule has 1 saturated carbocycles. The standard InChI is InChI=1S/C31H39N3O4/c1-37-21-20-33(31(36)26-15-17-29(38-2)18-16-26)24-30(35)34(27-12-7-4-8-13-27)23-28-14-9-19-32(28)22-25-10-5-3-6-11-25/h3,5-6,9-11,14-19,27H,4,7-8,12-13,20-24H2,1-2H3.